The van der Waals surface area contributed by atoms with Crippen LogP contribution in [0, 0.1) is 0 Å². The lowest BCUT2D eigenvalue weighted by Crippen LogP contribution is -2.52. The van der Waals surface area contributed by atoms with E-state index in [0.717, 1.165) is 21.9 Å². The van der Waals surface area contributed by atoms with Crippen molar-refractivity contribution in [2.45, 2.75) is 37.6 Å². The monoisotopic (exact) mass is 467 g/mol. The number of carbonyl (C=O) groups excluding carboxylic acids is 2. The predicted molar refractivity (Wildman–Crippen MR) is 132 cm³/mol. The minimum Gasteiger partial charge on any atom is -0.392 e. The second-order valence-electron chi connectivity index (χ2n) is 8.48. The van der Waals surface area contributed by atoms with E-state index in [0.29, 0.717) is 25.9 Å². The molecule has 2 amide bonds. The molecule has 1 aliphatic rings. The quantitative estimate of drug-likeness (QED) is 0.499. The van der Waals surface area contributed by atoms with Crippen molar-refractivity contribution in [2.24, 2.45) is 0 Å². The van der Waals surface area contributed by atoms with Gasteiger partial charge in [0.2, 0.25) is 11.8 Å². The minimum absolute atomic E-state index is 0. The summed E-state index contributed by atoms with van der Waals surface area (Å²) in [6.07, 6.45) is 0.202. The SMILES string of the molecule is CN(Cc1ccccc1)C(=O)[C@H](Cc1ccc2ccccc2c1)NC(=O)[C@@H]1C[C@@H](O)CN1.Cl. The lowest BCUT2D eigenvalue weighted by atomic mass is 10.00. The number of nitrogens with one attached hydrogen (secondary N) is 2. The van der Waals surface area contributed by atoms with Crippen LogP contribution in [0.15, 0.2) is 72.8 Å². The van der Waals surface area contributed by atoms with Crippen LogP contribution in [-0.4, -0.2) is 53.6 Å². The Hall–Kier alpha value is -2.93. The number of likely N-dealkylation sites (N-methyl/N-ethyl adjacent to an activating group) is 1. The van der Waals surface area contributed by atoms with Crippen LogP contribution in [0.3, 0.4) is 0 Å². The summed E-state index contributed by atoms with van der Waals surface area (Å²) >= 11 is 0. The second-order valence-corrected chi connectivity index (χ2v) is 8.48. The lowest BCUT2D eigenvalue weighted by Gasteiger charge is -2.26. The van der Waals surface area contributed by atoms with E-state index in [9.17, 15) is 14.7 Å². The van der Waals surface area contributed by atoms with Gasteiger partial charge in [0.15, 0.2) is 0 Å². The van der Waals surface area contributed by atoms with Crippen LogP contribution >= 0.6 is 12.4 Å². The molecule has 7 heteroatoms. The third-order valence-corrected chi connectivity index (χ3v) is 5.93. The first kappa shape index (κ1) is 24.7. The number of hydrogen-bond acceptors (Lipinski definition) is 4. The molecule has 3 atom stereocenters. The topological polar surface area (TPSA) is 81.7 Å². The van der Waals surface area contributed by atoms with Crippen molar-refractivity contribution in [1.29, 1.82) is 0 Å². The first-order valence-electron chi connectivity index (χ1n) is 11.0. The fraction of sp³-hybridized carbons (Fsp3) is 0.308. The van der Waals surface area contributed by atoms with E-state index < -0.39 is 18.2 Å². The van der Waals surface area contributed by atoms with Crippen LogP contribution in [0.25, 0.3) is 10.8 Å². The van der Waals surface area contributed by atoms with Gasteiger partial charge >= 0.3 is 0 Å². The van der Waals surface area contributed by atoms with Gasteiger partial charge in [-0.15, -0.1) is 12.4 Å². The van der Waals surface area contributed by atoms with Gasteiger partial charge in [0.1, 0.15) is 6.04 Å². The fourth-order valence-corrected chi connectivity index (χ4v) is 4.19. The number of benzene rings is 3. The molecule has 0 aliphatic carbocycles. The van der Waals surface area contributed by atoms with Crippen LogP contribution in [0.2, 0.25) is 0 Å². The Balaban J connectivity index is 0.00000306. The van der Waals surface area contributed by atoms with E-state index in [1.54, 1.807) is 11.9 Å². The Morgan fingerprint density at radius 1 is 1.03 bits per heavy atom. The Labute approximate surface area is 200 Å². The largest absolute Gasteiger partial charge is 0.392 e. The number of halogens is 1. The molecule has 3 aromatic rings. The van der Waals surface area contributed by atoms with Crippen LogP contribution in [0.1, 0.15) is 17.5 Å². The predicted octanol–water partition coefficient (Wildman–Crippen LogP) is 2.67. The maximum atomic E-state index is 13.4. The van der Waals surface area contributed by atoms with Crippen molar-refractivity contribution in [1.82, 2.24) is 15.5 Å². The average Bonchev–Trinajstić information content (AvgIpc) is 3.25. The molecule has 0 bridgehead atoms. The van der Waals surface area contributed by atoms with Crippen LogP contribution < -0.4 is 10.6 Å². The second kappa shape index (κ2) is 11.3. The van der Waals surface area contributed by atoms with E-state index in [-0.39, 0.29) is 24.2 Å². The molecule has 3 N–H and O–H groups in total. The molecule has 0 aromatic heterocycles. The van der Waals surface area contributed by atoms with Crippen molar-refractivity contribution < 1.29 is 14.7 Å². The van der Waals surface area contributed by atoms with E-state index >= 15 is 0 Å². The first-order chi connectivity index (χ1) is 15.5. The van der Waals surface area contributed by atoms with Gasteiger partial charge < -0.3 is 20.6 Å². The molecule has 4 rings (SSSR count). The summed E-state index contributed by atoms with van der Waals surface area (Å²) in [6, 6.07) is 22.8. The highest BCUT2D eigenvalue weighted by Crippen LogP contribution is 2.18. The number of hydrogen-bond donors (Lipinski definition) is 3. The van der Waals surface area contributed by atoms with Gasteiger partial charge in [0.05, 0.1) is 12.1 Å². The molecule has 33 heavy (non-hydrogen) atoms. The van der Waals surface area contributed by atoms with Crippen LogP contribution in [0.5, 0.6) is 0 Å². The summed E-state index contributed by atoms with van der Waals surface area (Å²) in [6.45, 7) is 0.847. The zero-order valence-electron chi connectivity index (χ0n) is 18.6. The van der Waals surface area contributed by atoms with Gasteiger partial charge in [-0.25, -0.2) is 0 Å². The minimum atomic E-state index is -0.697. The lowest BCUT2D eigenvalue weighted by molar-refractivity contribution is -0.136. The highest BCUT2D eigenvalue weighted by Gasteiger charge is 2.32. The highest BCUT2D eigenvalue weighted by atomic mass is 35.5. The third kappa shape index (κ3) is 6.32. The van der Waals surface area contributed by atoms with Gasteiger partial charge in [0.25, 0.3) is 0 Å². The van der Waals surface area contributed by atoms with Gasteiger partial charge in [-0.3, -0.25) is 9.59 Å². The first-order valence-corrected chi connectivity index (χ1v) is 11.0. The Kier molecular flexibility index (Phi) is 8.44. The molecule has 0 unspecified atom stereocenters. The number of β-amino-alcohol motifs (C(OH)–C–C–N with tert-alkyl or cyclic N) is 1. The van der Waals surface area contributed by atoms with E-state index in [1.807, 2.05) is 66.7 Å². The molecule has 1 saturated heterocycles. The van der Waals surface area contributed by atoms with Crippen LogP contribution in [-0.2, 0) is 22.6 Å². The molecule has 6 nitrogen and oxygen atoms in total. The zero-order chi connectivity index (χ0) is 22.5. The molecule has 0 radical (unpaired) electrons. The molecular weight excluding hydrogens is 438 g/mol. The summed E-state index contributed by atoms with van der Waals surface area (Å²) in [7, 11) is 1.76. The van der Waals surface area contributed by atoms with Crippen LogP contribution in [0.4, 0.5) is 0 Å². The molecule has 0 saturated carbocycles. The molecule has 1 heterocycles. The summed E-state index contributed by atoms with van der Waals surface area (Å²) in [4.78, 5) is 27.9. The van der Waals surface area contributed by atoms with Crippen molar-refractivity contribution in [3.8, 4) is 0 Å². The Morgan fingerprint density at radius 2 is 1.73 bits per heavy atom. The molecule has 3 aromatic carbocycles. The maximum absolute atomic E-state index is 13.4. The van der Waals surface area contributed by atoms with Crippen molar-refractivity contribution in [3.05, 3.63) is 83.9 Å². The number of aliphatic hydroxyl groups excluding tert-OH is 1. The standard InChI is InChI=1S/C26H29N3O3.ClH/c1-29(17-18-7-3-2-4-8-18)26(32)24(28-25(31)23-15-22(30)16-27-23)14-19-11-12-20-9-5-6-10-21(20)13-19;/h2-13,22-24,27,30H,14-17H2,1H3,(H,28,31);1H/t22-,23+,24+;/m1./s1. The van der Waals surface area contributed by atoms with E-state index in [2.05, 4.69) is 16.7 Å². The normalized spacial score (nSPS) is 18.4. The number of nitrogens with zero attached hydrogens (tertiary/aromatic N) is 1. The molecular formula is C26H30ClN3O3. The number of carbonyl (C=O) groups is 2. The summed E-state index contributed by atoms with van der Waals surface area (Å²) < 4.78 is 0. The van der Waals surface area contributed by atoms with Crippen molar-refractivity contribution >= 4 is 35.0 Å². The maximum Gasteiger partial charge on any atom is 0.245 e. The number of rotatable bonds is 7. The molecule has 1 fully saturated rings. The number of fused-ring (bicyclic) bond motifs is 1. The number of aliphatic hydroxyl groups is 1. The zero-order valence-corrected chi connectivity index (χ0v) is 19.4. The van der Waals surface area contributed by atoms with Gasteiger partial charge in [-0.1, -0.05) is 72.8 Å². The highest BCUT2D eigenvalue weighted by molar-refractivity contribution is 5.90. The smallest absolute Gasteiger partial charge is 0.245 e. The molecule has 1 aliphatic heterocycles. The number of amides is 2. The van der Waals surface area contributed by atoms with Gasteiger partial charge in [0, 0.05) is 26.6 Å². The Bertz CT molecular complexity index is 1090. The van der Waals surface area contributed by atoms with E-state index in [1.165, 1.54) is 0 Å². The average molecular weight is 468 g/mol. The summed E-state index contributed by atoms with van der Waals surface area (Å²) in [5.74, 6) is -0.400. The molecule has 0 spiro atoms. The van der Waals surface area contributed by atoms with Gasteiger partial charge in [-0.2, -0.15) is 0 Å². The molecule has 174 valence electrons. The Morgan fingerprint density at radius 3 is 2.42 bits per heavy atom. The van der Waals surface area contributed by atoms with E-state index in [4.69, 9.17) is 0 Å². The van der Waals surface area contributed by atoms with Gasteiger partial charge in [-0.05, 0) is 28.3 Å². The fourth-order valence-electron chi connectivity index (χ4n) is 4.19. The summed E-state index contributed by atoms with van der Waals surface area (Å²) in [5.41, 5.74) is 2.01. The summed E-state index contributed by atoms with van der Waals surface area (Å²) in [5, 5.41) is 18.0. The third-order valence-electron chi connectivity index (χ3n) is 5.93. The van der Waals surface area contributed by atoms with Crippen molar-refractivity contribution in [3.63, 3.8) is 0 Å². The van der Waals surface area contributed by atoms with Crippen molar-refractivity contribution in [2.75, 3.05) is 13.6 Å².